The maximum atomic E-state index is 13.4. The third kappa shape index (κ3) is 9.85. The molecule has 63 heavy (non-hydrogen) atoms. The molecule has 4 N–H and O–H groups in total. The van der Waals surface area contributed by atoms with E-state index in [9.17, 15) is 32.4 Å². The Kier molecular flexibility index (Phi) is 13.5. The number of fused-ring (bicyclic) bond motifs is 1. The molecule has 0 saturated carbocycles. The summed E-state index contributed by atoms with van der Waals surface area (Å²) in [6.07, 6.45) is 3.98. The van der Waals surface area contributed by atoms with Crippen LogP contribution in [-0.2, 0) is 24.2 Å². The van der Waals surface area contributed by atoms with Crippen molar-refractivity contribution in [3.8, 4) is 5.75 Å². The number of piperidine rings is 2. The number of ether oxygens (including phenoxy) is 1. The van der Waals surface area contributed by atoms with Crippen LogP contribution in [0.1, 0.15) is 104 Å². The molecule has 1 aromatic heterocycles. The van der Waals surface area contributed by atoms with Crippen LogP contribution in [0.2, 0.25) is 5.02 Å². The predicted octanol–water partition coefficient (Wildman–Crippen LogP) is 6.89. The normalized spacial score (nSPS) is 17.3. The molecule has 16 nitrogen and oxygen atoms in total. The number of hydrogen-bond donors (Lipinski definition) is 4. The molecule has 3 aliphatic rings. The molecule has 0 radical (unpaired) electrons. The van der Waals surface area contributed by atoms with Gasteiger partial charge in [-0.1, -0.05) is 29.8 Å². The molecule has 3 aromatic carbocycles. The minimum absolute atomic E-state index is 0.0162. The van der Waals surface area contributed by atoms with E-state index in [1.54, 1.807) is 50.2 Å². The molecular formula is C45H51ClN8O8S. The third-order valence-corrected chi connectivity index (χ3v) is 13.9. The molecule has 4 aromatic rings. The van der Waals surface area contributed by atoms with Crippen molar-refractivity contribution in [2.24, 2.45) is 0 Å². The molecular weight excluding hydrogens is 848 g/mol. The molecule has 1 unspecified atom stereocenters. The summed E-state index contributed by atoms with van der Waals surface area (Å²) >= 11 is 6.50. The van der Waals surface area contributed by atoms with Gasteiger partial charge >= 0.3 is 0 Å². The molecule has 2 saturated heterocycles. The average molecular weight is 899 g/mol. The summed E-state index contributed by atoms with van der Waals surface area (Å²) in [6, 6.07) is 14.3. The van der Waals surface area contributed by atoms with E-state index < -0.39 is 44.8 Å². The lowest BCUT2D eigenvalue weighted by Gasteiger charge is -2.33. The number of aromatic nitrogens is 2. The highest BCUT2D eigenvalue weighted by Crippen LogP contribution is 2.39. The van der Waals surface area contributed by atoms with Crippen LogP contribution in [0, 0.1) is 6.92 Å². The van der Waals surface area contributed by atoms with Crippen molar-refractivity contribution >= 4 is 79.8 Å². The first-order valence-corrected chi connectivity index (χ1v) is 23.0. The minimum atomic E-state index is -3.60. The smallest absolute Gasteiger partial charge is 0.264 e. The van der Waals surface area contributed by atoms with Gasteiger partial charge in [0.15, 0.2) is 15.7 Å². The van der Waals surface area contributed by atoms with E-state index in [4.69, 9.17) is 16.3 Å². The van der Waals surface area contributed by atoms with Gasteiger partial charge < -0.3 is 25.6 Å². The predicted molar refractivity (Wildman–Crippen MR) is 239 cm³/mol. The summed E-state index contributed by atoms with van der Waals surface area (Å²) in [5.74, 6) is -1.36. The second kappa shape index (κ2) is 18.8. The molecule has 332 valence electrons. The van der Waals surface area contributed by atoms with Gasteiger partial charge in [0, 0.05) is 12.8 Å². The highest BCUT2D eigenvalue weighted by molar-refractivity contribution is 7.92. The van der Waals surface area contributed by atoms with Crippen molar-refractivity contribution in [1.29, 1.82) is 0 Å². The second-order valence-electron chi connectivity index (χ2n) is 16.5. The quantitative estimate of drug-likeness (QED) is 0.0897. The van der Waals surface area contributed by atoms with E-state index in [2.05, 4.69) is 49.1 Å². The van der Waals surface area contributed by atoms with Crippen LogP contribution in [0.25, 0.3) is 0 Å². The molecule has 0 bridgehead atoms. The third-order valence-electron chi connectivity index (χ3n) is 11.4. The van der Waals surface area contributed by atoms with Crippen molar-refractivity contribution in [3.63, 3.8) is 0 Å². The molecule has 1 atom stereocenters. The Morgan fingerprint density at radius 2 is 1.67 bits per heavy atom. The molecule has 3 aliphatic heterocycles. The number of carbonyl (C=O) groups excluding carboxylic acids is 5. The van der Waals surface area contributed by atoms with Crippen molar-refractivity contribution in [1.82, 2.24) is 25.1 Å². The molecule has 7 rings (SSSR count). The SMILES string of the molecule is Cc1cc(Nc2ncc(Cl)c(Nc3ccccc3S(=O)(=O)C(C)C)n2)c(OC(C)C)cc1C1CCN(CCCC(=O)Nc2cccc3c2C(=O)N(C2CCC(=O)NC2=O)C3=O)CC1. The topological polar surface area (TPSA) is 209 Å². The van der Waals surface area contributed by atoms with E-state index in [1.807, 2.05) is 19.9 Å². The van der Waals surface area contributed by atoms with Crippen LogP contribution in [0.5, 0.6) is 5.75 Å². The van der Waals surface area contributed by atoms with Gasteiger partial charge in [0.25, 0.3) is 11.8 Å². The Morgan fingerprint density at radius 1 is 0.937 bits per heavy atom. The summed E-state index contributed by atoms with van der Waals surface area (Å²) < 4.78 is 32.5. The van der Waals surface area contributed by atoms with Crippen molar-refractivity contribution in [2.45, 2.75) is 101 Å². The first kappa shape index (κ1) is 45.1. The average Bonchev–Trinajstić information content (AvgIpc) is 3.49. The van der Waals surface area contributed by atoms with Gasteiger partial charge in [-0.15, -0.1) is 0 Å². The number of imide groups is 2. The fourth-order valence-corrected chi connectivity index (χ4v) is 9.53. The summed E-state index contributed by atoms with van der Waals surface area (Å²) in [6.45, 7) is 11.6. The van der Waals surface area contributed by atoms with Crippen molar-refractivity contribution in [2.75, 3.05) is 35.6 Å². The number of nitrogens with one attached hydrogen (secondary N) is 4. The van der Waals surface area contributed by atoms with E-state index >= 15 is 0 Å². The number of hydrogen-bond acceptors (Lipinski definition) is 13. The number of carbonyl (C=O) groups is 5. The van der Waals surface area contributed by atoms with Gasteiger partial charge in [0.2, 0.25) is 23.7 Å². The fourth-order valence-electron chi connectivity index (χ4n) is 8.19. The van der Waals surface area contributed by atoms with Crippen LogP contribution in [0.15, 0.2) is 65.7 Å². The zero-order valence-corrected chi connectivity index (χ0v) is 37.4. The van der Waals surface area contributed by atoms with Gasteiger partial charge in [-0.3, -0.25) is 34.2 Å². The minimum Gasteiger partial charge on any atom is -0.489 e. The van der Waals surface area contributed by atoms with Gasteiger partial charge in [0.1, 0.15) is 16.8 Å². The summed E-state index contributed by atoms with van der Waals surface area (Å²) in [4.78, 5) is 76.2. The number of aryl methyl sites for hydroxylation is 1. The second-order valence-corrected chi connectivity index (χ2v) is 19.4. The molecule has 5 amide bonds. The maximum absolute atomic E-state index is 13.4. The van der Waals surface area contributed by atoms with Gasteiger partial charge in [0.05, 0.1) is 50.6 Å². The number of amides is 5. The van der Waals surface area contributed by atoms with Gasteiger partial charge in [-0.25, -0.2) is 13.4 Å². The summed E-state index contributed by atoms with van der Waals surface area (Å²) in [5.41, 5.74) is 3.63. The first-order chi connectivity index (χ1) is 30.0. The number of para-hydroxylation sites is 1. The number of halogens is 1. The molecule has 18 heteroatoms. The standard InChI is InChI=1S/C45H51ClN8O8S/c1-25(2)62-36-23-30(27(5)22-34(36)50-45-47-24-31(46)41(52-45)49-32-11-6-7-13-37(32)63(60,61)26(3)4)28-17-20-53(21-18-28)19-9-14-38(55)48-33-12-8-10-29-40(33)44(59)54(43(29)58)35-15-16-39(56)51-42(35)57/h6-8,10-13,22-26,28,35H,9,14-21H2,1-5H3,(H,48,55)(H,51,56,57)(H2,47,49,50,52). The van der Waals surface area contributed by atoms with Gasteiger partial charge in [-0.05, 0) is 133 Å². The number of sulfone groups is 1. The largest absolute Gasteiger partial charge is 0.489 e. The Balaban J connectivity index is 0.952. The maximum Gasteiger partial charge on any atom is 0.264 e. The number of nitrogens with zero attached hydrogens (tertiary/aromatic N) is 4. The van der Waals surface area contributed by atoms with Crippen LogP contribution >= 0.6 is 11.6 Å². The molecule has 2 fully saturated rings. The van der Waals surface area contributed by atoms with E-state index in [0.717, 1.165) is 36.4 Å². The van der Waals surface area contributed by atoms with Crippen LogP contribution in [-0.4, -0.2) is 94.8 Å². The van der Waals surface area contributed by atoms with E-state index in [-0.39, 0.29) is 75.7 Å². The zero-order chi connectivity index (χ0) is 45.2. The highest BCUT2D eigenvalue weighted by Gasteiger charge is 2.45. The zero-order valence-electron chi connectivity index (χ0n) is 35.8. The van der Waals surface area contributed by atoms with Crippen LogP contribution in [0.3, 0.4) is 0 Å². The Hall–Kier alpha value is -5.91. The number of rotatable bonds is 15. The number of benzene rings is 3. The number of anilines is 5. The Bertz CT molecular complexity index is 2580. The lowest BCUT2D eigenvalue weighted by molar-refractivity contribution is -0.136. The Morgan fingerprint density at radius 3 is 2.38 bits per heavy atom. The van der Waals surface area contributed by atoms with E-state index in [0.29, 0.717) is 30.1 Å². The van der Waals surface area contributed by atoms with Crippen molar-refractivity contribution in [3.05, 3.63) is 88.1 Å². The van der Waals surface area contributed by atoms with Crippen molar-refractivity contribution < 1.29 is 37.1 Å². The molecule has 0 aliphatic carbocycles. The van der Waals surface area contributed by atoms with E-state index in [1.165, 1.54) is 17.8 Å². The van der Waals surface area contributed by atoms with Crippen LogP contribution < -0.4 is 26.0 Å². The van der Waals surface area contributed by atoms with Gasteiger partial charge in [-0.2, -0.15) is 4.98 Å². The lowest BCUT2D eigenvalue weighted by atomic mass is 9.86. The molecule has 4 heterocycles. The highest BCUT2D eigenvalue weighted by atomic mass is 35.5. The fraction of sp³-hybridized carbons (Fsp3) is 0.400. The number of likely N-dealkylation sites (tertiary alicyclic amines) is 1. The lowest BCUT2D eigenvalue weighted by Crippen LogP contribution is -2.54. The monoisotopic (exact) mass is 898 g/mol. The summed E-state index contributed by atoms with van der Waals surface area (Å²) in [7, 11) is -3.60. The van der Waals surface area contributed by atoms with Crippen LogP contribution in [0.4, 0.5) is 28.8 Å². The first-order valence-electron chi connectivity index (χ1n) is 21.1. The molecule has 0 spiro atoms. The Labute approximate surface area is 371 Å². The summed E-state index contributed by atoms with van der Waals surface area (Å²) in [5, 5.41) is 11.0.